The van der Waals surface area contributed by atoms with E-state index in [1.165, 1.54) is 5.56 Å². The van der Waals surface area contributed by atoms with Gasteiger partial charge in [-0.15, -0.1) is 0 Å². The molecule has 5 heteroatoms. The zero-order valence-corrected chi connectivity index (χ0v) is 9.73. The maximum Gasteiger partial charge on any atom is 0.248 e. The summed E-state index contributed by atoms with van der Waals surface area (Å²) >= 11 is 0. The molecule has 0 bridgehead atoms. The molecule has 0 amide bonds. The molecule has 0 aliphatic heterocycles. The fourth-order valence-corrected chi connectivity index (χ4v) is 3.03. The predicted molar refractivity (Wildman–Crippen MR) is 59.9 cm³/mol. The number of aromatic nitrogens is 2. The van der Waals surface area contributed by atoms with Crippen molar-refractivity contribution in [2.45, 2.75) is 56.4 Å². The third kappa shape index (κ3) is 1.76. The quantitative estimate of drug-likeness (QED) is 0.792. The Morgan fingerprint density at radius 1 is 1.12 bits per heavy atom. The summed E-state index contributed by atoms with van der Waals surface area (Å²) in [6.07, 6.45) is 3.53. The Hall–Kier alpha value is -0.970. The Morgan fingerprint density at radius 3 is 2.53 bits per heavy atom. The monoisotopic (exact) mass is 241 g/mol. The van der Waals surface area contributed by atoms with Crippen LogP contribution in [0, 0.1) is 0 Å². The van der Waals surface area contributed by atoms with E-state index in [0.717, 1.165) is 30.7 Å². The number of nitrogens with zero attached hydrogens (tertiary/aromatic N) is 1. The molecule has 1 aromatic heterocycles. The molecule has 0 atom stereocenters. The van der Waals surface area contributed by atoms with E-state index >= 15 is 0 Å². The molecule has 0 spiro atoms. The lowest BCUT2D eigenvalue weighted by Crippen LogP contribution is -2.44. The van der Waals surface area contributed by atoms with Crippen molar-refractivity contribution in [3.8, 4) is 0 Å². The lowest BCUT2D eigenvalue weighted by atomic mass is 9.77. The second-order valence-corrected chi connectivity index (χ2v) is 5.39. The van der Waals surface area contributed by atoms with Gasteiger partial charge in [-0.1, -0.05) is 0 Å². The first kappa shape index (κ1) is 11.1. The molecule has 17 heavy (non-hydrogen) atoms. The standard InChI is InChI=1S/C12H17F2N3/c13-12(14)6-4-11(15,5-7-12)10-8-2-1-3-9(8)16-17-10/h1-7,15H2,(H,16,17). The highest BCUT2D eigenvalue weighted by Gasteiger charge is 2.44. The smallest absolute Gasteiger partial charge is 0.248 e. The molecule has 2 aliphatic rings. The van der Waals surface area contributed by atoms with Gasteiger partial charge in [0.15, 0.2) is 0 Å². The van der Waals surface area contributed by atoms with E-state index in [0.29, 0.717) is 12.8 Å². The lowest BCUT2D eigenvalue weighted by Gasteiger charge is -2.36. The molecule has 2 aliphatic carbocycles. The van der Waals surface area contributed by atoms with Gasteiger partial charge >= 0.3 is 0 Å². The van der Waals surface area contributed by atoms with E-state index in [9.17, 15) is 8.78 Å². The van der Waals surface area contributed by atoms with Crippen molar-refractivity contribution in [1.29, 1.82) is 0 Å². The summed E-state index contributed by atoms with van der Waals surface area (Å²) in [5.74, 6) is -2.54. The van der Waals surface area contributed by atoms with Crippen LogP contribution in [0.1, 0.15) is 49.1 Å². The summed E-state index contributed by atoms with van der Waals surface area (Å²) in [6, 6.07) is 0. The number of nitrogens with one attached hydrogen (secondary N) is 1. The van der Waals surface area contributed by atoms with E-state index < -0.39 is 11.5 Å². The van der Waals surface area contributed by atoms with Gasteiger partial charge in [0.25, 0.3) is 0 Å². The summed E-state index contributed by atoms with van der Waals surface area (Å²) in [4.78, 5) is 0. The number of H-pyrrole nitrogens is 1. The van der Waals surface area contributed by atoms with Crippen molar-refractivity contribution in [1.82, 2.24) is 10.2 Å². The van der Waals surface area contributed by atoms with Gasteiger partial charge in [-0.2, -0.15) is 5.10 Å². The van der Waals surface area contributed by atoms with Crippen LogP contribution in [-0.2, 0) is 18.4 Å². The average molecular weight is 241 g/mol. The van der Waals surface area contributed by atoms with Crippen LogP contribution >= 0.6 is 0 Å². The first-order chi connectivity index (χ1) is 8.00. The first-order valence-corrected chi connectivity index (χ1v) is 6.24. The number of halogens is 2. The number of aromatic amines is 1. The zero-order valence-electron chi connectivity index (χ0n) is 9.73. The van der Waals surface area contributed by atoms with Crippen LogP contribution in [0.3, 0.4) is 0 Å². The second kappa shape index (κ2) is 3.51. The highest BCUT2D eigenvalue weighted by molar-refractivity contribution is 5.34. The van der Waals surface area contributed by atoms with Gasteiger partial charge in [0.1, 0.15) is 0 Å². The highest BCUT2D eigenvalue weighted by atomic mass is 19.3. The van der Waals surface area contributed by atoms with Gasteiger partial charge in [-0.25, -0.2) is 8.78 Å². The van der Waals surface area contributed by atoms with Crippen LogP contribution in [0.2, 0.25) is 0 Å². The first-order valence-electron chi connectivity index (χ1n) is 6.24. The number of aryl methyl sites for hydroxylation is 1. The Labute approximate surface area is 98.8 Å². The molecule has 0 saturated heterocycles. The molecule has 1 aromatic rings. The molecule has 0 unspecified atom stereocenters. The minimum Gasteiger partial charge on any atom is -0.320 e. The normalized spacial score (nSPS) is 25.8. The molecule has 1 fully saturated rings. The fraction of sp³-hybridized carbons (Fsp3) is 0.750. The van der Waals surface area contributed by atoms with Crippen LogP contribution in [0.5, 0.6) is 0 Å². The van der Waals surface area contributed by atoms with Gasteiger partial charge < -0.3 is 5.73 Å². The molecule has 94 valence electrons. The largest absolute Gasteiger partial charge is 0.320 e. The van der Waals surface area contributed by atoms with Crippen molar-refractivity contribution in [2.24, 2.45) is 5.73 Å². The topological polar surface area (TPSA) is 54.7 Å². The lowest BCUT2D eigenvalue weighted by molar-refractivity contribution is -0.0520. The SMILES string of the molecule is NC1(c2n[nH]c3c2CCC3)CCC(F)(F)CC1. The van der Waals surface area contributed by atoms with Crippen LogP contribution in [0.25, 0.3) is 0 Å². The maximum absolute atomic E-state index is 13.2. The number of hydrogen-bond acceptors (Lipinski definition) is 2. The summed E-state index contributed by atoms with van der Waals surface area (Å²) < 4.78 is 26.4. The van der Waals surface area contributed by atoms with Crippen molar-refractivity contribution in [3.63, 3.8) is 0 Å². The van der Waals surface area contributed by atoms with Crippen LogP contribution in [0.4, 0.5) is 8.78 Å². The molecule has 3 rings (SSSR count). The molecular weight excluding hydrogens is 224 g/mol. The predicted octanol–water partition coefficient (Wildman–Crippen LogP) is 2.26. The molecule has 3 nitrogen and oxygen atoms in total. The number of rotatable bonds is 1. The minimum atomic E-state index is -2.54. The van der Waals surface area contributed by atoms with E-state index in [4.69, 9.17) is 5.73 Å². The zero-order chi connectivity index (χ0) is 12.1. The molecule has 0 aromatic carbocycles. The maximum atomic E-state index is 13.2. The van der Waals surface area contributed by atoms with Crippen molar-refractivity contribution in [3.05, 3.63) is 17.0 Å². The third-order valence-corrected chi connectivity index (χ3v) is 4.15. The summed E-state index contributed by atoms with van der Waals surface area (Å²) in [7, 11) is 0. The van der Waals surface area contributed by atoms with Crippen molar-refractivity contribution in [2.75, 3.05) is 0 Å². The van der Waals surface area contributed by atoms with E-state index in [1.54, 1.807) is 0 Å². The van der Waals surface area contributed by atoms with Gasteiger partial charge in [-0.05, 0) is 37.7 Å². The van der Waals surface area contributed by atoms with Crippen molar-refractivity contribution < 1.29 is 8.78 Å². The van der Waals surface area contributed by atoms with Gasteiger partial charge in [-0.3, -0.25) is 5.10 Å². The summed E-state index contributed by atoms with van der Waals surface area (Å²) in [6.45, 7) is 0. The third-order valence-electron chi connectivity index (χ3n) is 4.15. The summed E-state index contributed by atoms with van der Waals surface area (Å²) in [5, 5.41) is 7.30. The van der Waals surface area contributed by atoms with E-state index in [2.05, 4.69) is 10.2 Å². The van der Waals surface area contributed by atoms with E-state index in [-0.39, 0.29) is 12.8 Å². The number of alkyl halides is 2. The van der Waals surface area contributed by atoms with Gasteiger partial charge in [0.2, 0.25) is 5.92 Å². The molecule has 1 heterocycles. The Balaban J connectivity index is 1.88. The highest BCUT2D eigenvalue weighted by Crippen LogP contribution is 2.43. The Bertz CT molecular complexity index is 429. The summed E-state index contributed by atoms with van der Waals surface area (Å²) in [5.41, 5.74) is 8.86. The molecule has 3 N–H and O–H groups in total. The average Bonchev–Trinajstić information content (AvgIpc) is 2.84. The minimum absolute atomic E-state index is 0.120. The second-order valence-electron chi connectivity index (χ2n) is 5.39. The van der Waals surface area contributed by atoms with Crippen LogP contribution < -0.4 is 5.73 Å². The van der Waals surface area contributed by atoms with Crippen LogP contribution in [0.15, 0.2) is 0 Å². The Kier molecular flexibility index (Phi) is 2.30. The van der Waals surface area contributed by atoms with Gasteiger partial charge in [0, 0.05) is 18.5 Å². The van der Waals surface area contributed by atoms with Crippen molar-refractivity contribution >= 4 is 0 Å². The number of fused-ring (bicyclic) bond motifs is 1. The van der Waals surface area contributed by atoms with Gasteiger partial charge in [0.05, 0.1) is 11.2 Å². The Morgan fingerprint density at radius 2 is 1.82 bits per heavy atom. The molecular formula is C12H17F2N3. The number of nitrogens with two attached hydrogens (primary N) is 1. The van der Waals surface area contributed by atoms with Crippen LogP contribution in [-0.4, -0.2) is 16.1 Å². The molecule has 1 saturated carbocycles. The van der Waals surface area contributed by atoms with E-state index in [1.807, 2.05) is 0 Å². The number of hydrogen-bond donors (Lipinski definition) is 2. The molecule has 0 radical (unpaired) electrons. The fourth-order valence-electron chi connectivity index (χ4n) is 3.03.